The lowest BCUT2D eigenvalue weighted by Gasteiger charge is -2.45. The number of hydrogen-bond acceptors (Lipinski definition) is 4. The van der Waals surface area contributed by atoms with E-state index in [0.29, 0.717) is 13.1 Å². The fourth-order valence-electron chi connectivity index (χ4n) is 4.77. The van der Waals surface area contributed by atoms with Gasteiger partial charge in [0, 0.05) is 48.7 Å². The predicted molar refractivity (Wildman–Crippen MR) is 119 cm³/mol. The van der Waals surface area contributed by atoms with Crippen LogP contribution in [0, 0.1) is 0 Å². The highest BCUT2D eigenvalue weighted by Crippen LogP contribution is 2.34. The first-order chi connectivity index (χ1) is 16.2. The molecule has 0 unspecified atom stereocenters. The van der Waals surface area contributed by atoms with Crippen LogP contribution in [-0.2, 0) is 11.0 Å². The number of nitrogens with zero attached hydrogens (tertiary/aromatic N) is 1. The van der Waals surface area contributed by atoms with E-state index in [1.807, 2.05) is 4.90 Å². The molecule has 1 aromatic carbocycles. The molecule has 0 bridgehead atoms. The van der Waals surface area contributed by atoms with Crippen molar-refractivity contribution in [1.82, 2.24) is 20.5 Å². The van der Waals surface area contributed by atoms with Crippen molar-refractivity contribution in [2.75, 3.05) is 19.6 Å². The summed E-state index contributed by atoms with van der Waals surface area (Å²) in [6.07, 6.45) is 1.83. The van der Waals surface area contributed by atoms with Gasteiger partial charge in [0.1, 0.15) is 0 Å². The van der Waals surface area contributed by atoms with Gasteiger partial charge in [-0.25, -0.2) is 0 Å². The number of aromatic amines is 1. The lowest BCUT2D eigenvalue weighted by Crippen LogP contribution is -2.63. The molecule has 7 nitrogen and oxygen atoms in total. The molecule has 2 heterocycles. The van der Waals surface area contributed by atoms with Gasteiger partial charge in [-0.3, -0.25) is 14.4 Å². The number of pyridine rings is 1. The van der Waals surface area contributed by atoms with E-state index in [1.165, 1.54) is 18.2 Å². The first-order valence-electron chi connectivity index (χ1n) is 11.4. The number of amides is 2. The summed E-state index contributed by atoms with van der Waals surface area (Å²) in [5, 5.41) is 5.63. The molecular weight excluding hydrogens is 449 g/mol. The van der Waals surface area contributed by atoms with Crippen molar-refractivity contribution in [3.05, 3.63) is 69.6 Å². The number of hydrogen-bond donors (Lipinski definition) is 3. The average Bonchev–Trinajstić information content (AvgIpc) is 2.79. The van der Waals surface area contributed by atoms with E-state index in [1.54, 1.807) is 12.4 Å². The second kappa shape index (κ2) is 10.0. The molecule has 2 aromatic rings. The van der Waals surface area contributed by atoms with E-state index in [2.05, 4.69) is 15.6 Å². The molecule has 3 N–H and O–H groups in total. The van der Waals surface area contributed by atoms with Gasteiger partial charge in [0.25, 0.3) is 5.91 Å². The summed E-state index contributed by atoms with van der Waals surface area (Å²) in [5.74, 6) is -0.843. The fraction of sp³-hybridized carbons (Fsp3) is 0.458. The van der Waals surface area contributed by atoms with Crippen LogP contribution in [0.1, 0.15) is 53.1 Å². The number of halogens is 3. The summed E-state index contributed by atoms with van der Waals surface area (Å²) in [4.78, 5) is 42.4. The van der Waals surface area contributed by atoms with E-state index in [-0.39, 0.29) is 41.4 Å². The third-order valence-electron chi connectivity index (χ3n) is 6.68. The number of alkyl halides is 3. The second-order valence-corrected chi connectivity index (χ2v) is 8.84. The van der Waals surface area contributed by atoms with Gasteiger partial charge in [-0.1, -0.05) is 6.07 Å². The van der Waals surface area contributed by atoms with Gasteiger partial charge in [-0.15, -0.1) is 0 Å². The van der Waals surface area contributed by atoms with Crippen LogP contribution in [0.15, 0.2) is 47.5 Å². The van der Waals surface area contributed by atoms with Gasteiger partial charge in [0.15, 0.2) is 5.43 Å². The molecule has 2 aliphatic rings. The smallest absolute Gasteiger partial charge is 0.367 e. The van der Waals surface area contributed by atoms with Crippen LogP contribution in [0.3, 0.4) is 0 Å². The summed E-state index contributed by atoms with van der Waals surface area (Å²) in [6.45, 7) is 1.03. The Balaban J connectivity index is 1.38. The van der Waals surface area contributed by atoms with Crippen LogP contribution in [0.25, 0.3) is 0 Å². The van der Waals surface area contributed by atoms with E-state index in [9.17, 15) is 27.6 Å². The Kier molecular flexibility index (Phi) is 7.06. The Morgan fingerprint density at radius 2 is 1.79 bits per heavy atom. The second-order valence-electron chi connectivity index (χ2n) is 8.84. The van der Waals surface area contributed by atoms with Crippen LogP contribution < -0.4 is 16.1 Å². The fourth-order valence-corrected chi connectivity index (χ4v) is 4.77. The van der Waals surface area contributed by atoms with Crippen molar-refractivity contribution in [3.63, 3.8) is 0 Å². The molecule has 1 aliphatic carbocycles. The van der Waals surface area contributed by atoms with Crippen LogP contribution in [0.4, 0.5) is 13.2 Å². The van der Waals surface area contributed by atoms with Crippen LogP contribution in [0.2, 0.25) is 0 Å². The Hall–Kier alpha value is -3.14. The third kappa shape index (κ3) is 5.32. The summed E-state index contributed by atoms with van der Waals surface area (Å²) in [7, 11) is 0. The van der Waals surface area contributed by atoms with Gasteiger partial charge in [0.05, 0.1) is 18.2 Å². The summed E-state index contributed by atoms with van der Waals surface area (Å²) < 4.78 is 38.8. The number of rotatable bonds is 6. The van der Waals surface area contributed by atoms with E-state index in [4.69, 9.17) is 0 Å². The largest absolute Gasteiger partial charge is 0.416 e. The van der Waals surface area contributed by atoms with E-state index in [0.717, 1.165) is 43.4 Å². The average molecular weight is 476 g/mol. The molecule has 1 saturated carbocycles. The zero-order chi connectivity index (χ0) is 24.3. The number of carbonyl (C=O) groups excluding carboxylic acids is 2. The van der Waals surface area contributed by atoms with Crippen LogP contribution in [0.5, 0.6) is 0 Å². The molecular formula is C24H27F3N4O3. The number of aromatic nitrogens is 1. The number of H-pyrrole nitrogens is 1. The van der Waals surface area contributed by atoms with Gasteiger partial charge >= 0.3 is 6.18 Å². The minimum atomic E-state index is -4.55. The van der Waals surface area contributed by atoms with Gasteiger partial charge < -0.3 is 20.5 Å². The minimum absolute atomic E-state index is 0.00984. The maximum atomic E-state index is 13.1. The highest BCUT2D eigenvalue weighted by Gasteiger charge is 2.37. The summed E-state index contributed by atoms with van der Waals surface area (Å²) in [5.41, 5.74) is -0.288. The molecule has 4 rings (SSSR count). The summed E-state index contributed by atoms with van der Waals surface area (Å²) >= 11 is 0. The molecule has 0 atom stereocenters. The monoisotopic (exact) mass is 476 g/mol. The van der Waals surface area contributed by atoms with Crippen molar-refractivity contribution in [1.29, 1.82) is 0 Å². The predicted octanol–water partition coefficient (Wildman–Crippen LogP) is 2.65. The number of benzene rings is 1. The zero-order valence-corrected chi connectivity index (χ0v) is 18.5. The molecule has 0 spiro atoms. The van der Waals surface area contributed by atoms with Gasteiger partial charge in [-0.2, -0.15) is 13.2 Å². The molecule has 182 valence electrons. The molecule has 10 heteroatoms. The van der Waals surface area contributed by atoms with Crippen LogP contribution in [-0.4, -0.2) is 53.4 Å². The molecule has 1 aliphatic heterocycles. The standard InChI is InChI=1S/C24H27F3N4O3/c25-24(26,27)17-3-1-2-16(10-17)23(34)30-14-22(33)31(19-11-29-12-19)18-6-4-15(5-7-18)20-13-28-9-8-21(20)32/h1-3,8-10,13,15,18-19,29H,4-7,11-12,14H2,(H,28,32)(H,30,34). The molecule has 1 aromatic heterocycles. The van der Waals surface area contributed by atoms with Crippen molar-refractivity contribution in [2.24, 2.45) is 0 Å². The molecule has 0 radical (unpaired) electrons. The Labute approximate surface area is 194 Å². The molecule has 1 saturated heterocycles. The first kappa shape index (κ1) is 24.0. The Morgan fingerprint density at radius 1 is 1.06 bits per heavy atom. The molecule has 2 fully saturated rings. The zero-order valence-electron chi connectivity index (χ0n) is 18.5. The third-order valence-corrected chi connectivity index (χ3v) is 6.68. The first-order valence-corrected chi connectivity index (χ1v) is 11.4. The quantitative estimate of drug-likeness (QED) is 0.598. The Bertz CT molecular complexity index is 1090. The van der Waals surface area contributed by atoms with Gasteiger partial charge in [0.2, 0.25) is 5.91 Å². The Morgan fingerprint density at radius 3 is 2.41 bits per heavy atom. The maximum Gasteiger partial charge on any atom is 0.416 e. The van der Waals surface area contributed by atoms with Crippen LogP contribution >= 0.6 is 0 Å². The topological polar surface area (TPSA) is 94.3 Å². The molecule has 2 amide bonds. The van der Waals surface area contributed by atoms with Crippen molar-refractivity contribution >= 4 is 11.8 Å². The van der Waals surface area contributed by atoms with E-state index >= 15 is 0 Å². The highest BCUT2D eigenvalue weighted by molar-refractivity contribution is 5.96. The van der Waals surface area contributed by atoms with Crippen molar-refractivity contribution in [3.8, 4) is 0 Å². The van der Waals surface area contributed by atoms with Crippen molar-refractivity contribution in [2.45, 2.75) is 49.9 Å². The lowest BCUT2D eigenvalue weighted by atomic mass is 9.81. The van der Waals surface area contributed by atoms with Crippen molar-refractivity contribution < 1.29 is 22.8 Å². The highest BCUT2D eigenvalue weighted by atomic mass is 19.4. The molecule has 34 heavy (non-hydrogen) atoms. The number of nitrogens with one attached hydrogen (secondary N) is 3. The minimum Gasteiger partial charge on any atom is -0.367 e. The lowest BCUT2D eigenvalue weighted by molar-refractivity contribution is -0.138. The summed E-state index contributed by atoms with van der Waals surface area (Å²) in [6, 6.07) is 5.65. The van der Waals surface area contributed by atoms with Gasteiger partial charge in [-0.05, 0) is 49.8 Å². The normalized spacial score (nSPS) is 20.9. The number of carbonyl (C=O) groups is 2. The SMILES string of the molecule is O=C(NCC(=O)N(C1CCC(c2c[nH]ccc2=O)CC1)C1CNC1)c1cccc(C(F)(F)F)c1. The maximum absolute atomic E-state index is 13.1. The van der Waals surface area contributed by atoms with E-state index < -0.39 is 17.6 Å².